The van der Waals surface area contributed by atoms with Gasteiger partial charge in [0.05, 0.1) is 12.6 Å². The Morgan fingerprint density at radius 2 is 2.15 bits per heavy atom. The van der Waals surface area contributed by atoms with Gasteiger partial charge in [-0.2, -0.15) is 0 Å². The van der Waals surface area contributed by atoms with Crippen LogP contribution < -0.4 is 4.90 Å². The maximum absolute atomic E-state index is 13.7. The number of aliphatic hydroxyl groups excluding tert-OH is 1. The van der Waals surface area contributed by atoms with Crippen molar-refractivity contribution >= 4 is 5.69 Å². The molecule has 0 spiro atoms. The molecular weight excluding hydrogens is 259 g/mol. The molecule has 0 aliphatic carbocycles. The predicted molar refractivity (Wildman–Crippen MR) is 72.8 cm³/mol. The topological polar surface area (TPSA) is 54.2 Å². The van der Waals surface area contributed by atoms with E-state index in [0.29, 0.717) is 17.7 Å². The molecule has 106 valence electrons. The molecule has 0 saturated carbocycles. The van der Waals surface area contributed by atoms with Crippen LogP contribution in [0.2, 0.25) is 0 Å². The molecule has 1 N–H and O–H groups in total. The highest BCUT2D eigenvalue weighted by atomic mass is 19.1. The van der Waals surface area contributed by atoms with Crippen LogP contribution in [0.25, 0.3) is 0 Å². The quantitative estimate of drug-likeness (QED) is 0.908. The number of hydrogen-bond acceptors (Lipinski definition) is 4. The lowest BCUT2D eigenvalue weighted by Crippen LogP contribution is -2.34. The minimum atomic E-state index is -0.708. The molecule has 0 radical (unpaired) electrons. The molecule has 1 aliphatic heterocycles. The summed E-state index contributed by atoms with van der Waals surface area (Å²) < 4.78 is 15.7. The highest BCUT2D eigenvalue weighted by molar-refractivity contribution is 5.57. The van der Waals surface area contributed by atoms with Crippen LogP contribution in [-0.2, 0) is 13.1 Å². The second-order valence-electron chi connectivity index (χ2n) is 5.20. The second kappa shape index (κ2) is 4.86. The van der Waals surface area contributed by atoms with Crippen molar-refractivity contribution in [2.24, 2.45) is 0 Å². The third-order valence-electron chi connectivity index (χ3n) is 3.74. The molecule has 6 heteroatoms. The van der Waals surface area contributed by atoms with Crippen molar-refractivity contribution in [3.63, 3.8) is 0 Å². The number of rotatable bonds is 2. The molecule has 2 aromatic rings. The normalized spacial score (nSPS) is 16.1. The van der Waals surface area contributed by atoms with E-state index in [0.717, 1.165) is 24.6 Å². The summed E-state index contributed by atoms with van der Waals surface area (Å²) in [5, 5.41) is 17.9. The zero-order chi connectivity index (χ0) is 14.3. The van der Waals surface area contributed by atoms with Gasteiger partial charge in [0.2, 0.25) is 0 Å². The van der Waals surface area contributed by atoms with E-state index in [1.165, 1.54) is 6.07 Å². The van der Waals surface area contributed by atoms with Crippen LogP contribution in [-0.4, -0.2) is 26.4 Å². The van der Waals surface area contributed by atoms with E-state index in [9.17, 15) is 9.50 Å². The van der Waals surface area contributed by atoms with Crippen LogP contribution in [0.15, 0.2) is 18.5 Å². The van der Waals surface area contributed by atoms with Gasteiger partial charge in [-0.1, -0.05) is 0 Å². The SMILES string of the molecule is Cc1cc(N2CCn3cnnc3C2)c(C(C)O)cc1F. The molecule has 1 atom stereocenters. The molecule has 0 amide bonds. The van der Waals surface area contributed by atoms with Crippen LogP contribution in [0.1, 0.15) is 30.0 Å². The molecule has 1 aromatic carbocycles. The number of aryl methyl sites for hydroxylation is 1. The maximum atomic E-state index is 13.7. The fourth-order valence-electron chi connectivity index (χ4n) is 2.56. The molecular formula is C14H17FN4O. The first-order valence-corrected chi connectivity index (χ1v) is 6.66. The van der Waals surface area contributed by atoms with E-state index in [4.69, 9.17) is 0 Å². The van der Waals surface area contributed by atoms with Crippen LogP contribution in [0, 0.1) is 12.7 Å². The summed E-state index contributed by atoms with van der Waals surface area (Å²) in [4.78, 5) is 2.11. The number of anilines is 1. The summed E-state index contributed by atoms with van der Waals surface area (Å²) in [6.07, 6.45) is 1.01. The number of halogens is 1. The summed E-state index contributed by atoms with van der Waals surface area (Å²) in [7, 11) is 0. The van der Waals surface area contributed by atoms with E-state index in [1.54, 1.807) is 26.2 Å². The molecule has 1 unspecified atom stereocenters. The third kappa shape index (κ3) is 2.16. The van der Waals surface area contributed by atoms with Gasteiger partial charge in [0.1, 0.15) is 12.1 Å². The number of fused-ring (bicyclic) bond motifs is 1. The van der Waals surface area contributed by atoms with Gasteiger partial charge in [-0.05, 0) is 31.5 Å². The van der Waals surface area contributed by atoms with Crippen LogP contribution in [0.3, 0.4) is 0 Å². The standard InChI is InChI=1S/C14H17FN4O/c1-9-5-13(11(10(2)20)6-12(9)15)18-3-4-19-8-16-17-14(19)7-18/h5-6,8,10,20H,3-4,7H2,1-2H3. The van der Waals surface area contributed by atoms with Gasteiger partial charge in [-0.3, -0.25) is 0 Å². The molecule has 20 heavy (non-hydrogen) atoms. The van der Waals surface area contributed by atoms with Gasteiger partial charge in [0.15, 0.2) is 5.82 Å². The maximum Gasteiger partial charge on any atom is 0.152 e. The Bertz CT molecular complexity index is 638. The van der Waals surface area contributed by atoms with E-state index < -0.39 is 6.10 Å². The van der Waals surface area contributed by atoms with E-state index >= 15 is 0 Å². The van der Waals surface area contributed by atoms with E-state index in [-0.39, 0.29) is 5.82 Å². The summed E-state index contributed by atoms with van der Waals surface area (Å²) in [6, 6.07) is 3.22. The zero-order valence-corrected chi connectivity index (χ0v) is 11.5. The van der Waals surface area contributed by atoms with E-state index in [2.05, 4.69) is 15.1 Å². The highest BCUT2D eigenvalue weighted by Crippen LogP contribution is 2.31. The van der Waals surface area contributed by atoms with Crippen molar-refractivity contribution in [1.82, 2.24) is 14.8 Å². The fourth-order valence-corrected chi connectivity index (χ4v) is 2.56. The predicted octanol–water partition coefficient (Wildman–Crippen LogP) is 1.80. The molecule has 0 saturated heterocycles. The van der Waals surface area contributed by atoms with Gasteiger partial charge >= 0.3 is 0 Å². The number of benzene rings is 1. The number of hydrogen-bond donors (Lipinski definition) is 1. The third-order valence-corrected chi connectivity index (χ3v) is 3.74. The Hall–Kier alpha value is -1.95. The molecule has 1 aliphatic rings. The number of nitrogens with zero attached hydrogens (tertiary/aromatic N) is 4. The van der Waals surface area contributed by atoms with Crippen molar-refractivity contribution < 1.29 is 9.50 Å². The Morgan fingerprint density at radius 1 is 1.35 bits per heavy atom. The van der Waals surface area contributed by atoms with Crippen molar-refractivity contribution in [3.8, 4) is 0 Å². The Balaban J connectivity index is 2.00. The first-order chi connectivity index (χ1) is 9.56. The average Bonchev–Trinajstić information content (AvgIpc) is 2.88. The summed E-state index contributed by atoms with van der Waals surface area (Å²) >= 11 is 0. The molecule has 5 nitrogen and oxygen atoms in total. The molecule has 1 aromatic heterocycles. The zero-order valence-electron chi connectivity index (χ0n) is 11.5. The lowest BCUT2D eigenvalue weighted by atomic mass is 10.0. The minimum Gasteiger partial charge on any atom is -0.389 e. The van der Waals surface area contributed by atoms with Crippen LogP contribution in [0.4, 0.5) is 10.1 Å². The first-order valence-electron chi connectivity index (χ1n) is 6.66. The summed E-state index contributed by atoms with van der Waals surface area (Å²) in [5.74, 6) is 0.597. The Morgan fingerprint density at radius 3 is 2.90 bits per heavy atom. The number of aliphatic hydroxyl groups is 1. The molecule has 3 rings (SSSR count). The fraction of sp³-hybridized carbons (Fsp3) is 0.429. The van der Waals surface area contributed by atoms with Crippen molar-refractivity contribution in [2.75, 3.05) is 11.4 Å². The van der Waals surface area contributed by atoms with Gasteiger partial charge in [-0.25, -0.2) is 4.39 Å². The van der Waals surface area contributed by atoms with Crippen molar-refractivity contribution in [1.29, 1.82) is 0 Å². The molecule has 0 bridgehead atoms. The Labute approximate surface area is 116 Å². The lowest BCUT2D eigenvalue weighted by molar-refractivity contribution is 0.199. The van der Waals surface area contributed by atoms with Gasteiger partial charge in [0, 0.05) is 24.3 Å². The van der Waals surface area contributed by atoms with Gasteiger partial charge < -0.3 is 14.6 Å². The van der Waals surface area contributed by atoms with Crippen LogP contribution in [0.5, 0.6) is 0 Å². The monoisotopic (exact) mass is 276 g/mol. The Kier molecular flexibility index (Phi) is 3.17. The first kappa shape index (κ1) is 13.1. The van der Waals surface area contributed by atoms with Crippen molar-refractivity contribution in [3.05, 3.63) is 41.2 Å². The minimum absolute atomic E-state index is 0.287. The lowest BCUT2D eigenvalue weighted by Gasteiger charge is -2.31. The summed E-state index contributed by atoms with van der Waals surface area (Å²) in [5.41, 5.74) is 2.06. The molecule has 2 heterocycles. The van der Waals surface area contributed by atoms with Crippen LogP contribution >= 0.6 is 0 Å². The summed E-state index contributed by atoms with van der Waals surface area (Å²) in [6.45, 7) is 5.58. The largest absolute Gasteiger partial charge is 0.389 e. The van der Waals surface area contributed by atoms with Crippen molar-refractivity contribution in [2.45, 2.75) is 33.0 Å². The van der Waals surface area contributed by atoms with E-state index in [1.807, 2.05) is 4.57 Å². The smallest absolute Gasteiger partial charge is 0.152 e. The number of aromatic nitrogens is 3. The van der Waals surface area contributed by atoms with Gasteiger partial charge in [0.25, 0.3) is 0 Å². The second-order valence-corrected chi connectivity index (χ2v) is 5.20. The average molecular weight is 276 g/mol. The van der Waals surface area contributed by atoms with Gasteiger partial charge in [-0.15, -0.1) is 10.2 Å². The molecule has 0 fully saturated rings. The highest BCUT2D eigenvalue weighted by Gasteiger charge is 2.22.